The maximum atomic E-state index is 12.7. The zero-order chi connectivity index (χ0) is 15.2. The van der Waals surface area contributed by atoms with E-state index in [1.807, 2.05) is 6.92 Å². The molecular formula is C14H21F2N3O2. The van der Waals surface area contributed by atoms with Crippen molar-refractivity contribution >= 4 is 5.91 Å². The lowest BCUT2D eigenvalue weighted by Gasteiger charge is -2.08. The van der Waals surface area contributed by atoms with Crippen molar-refractivity contribution in [1.29, 1.82) is 0 Å². The molecule has 1 aliphatic rings. The van der Waals surface area contributed by atoms with Crippen molar-refractivity contribution in [3.63, 3.8) is 0 Å². The first kappa shape index (κ1) is 15.9. The lowest BCUT2D eigenvalue weighted by atomic mass is 10.2. The van der Waals surface area contributed by atoms with E-state index >= 15 is 0 Å². The Morgan fingerprint density at radius 2 is 2.33 bits per heavy atom. The van der Waals surface area contributed by atoms with Gasteiger partial charge < -0.3 is 10.1 Å². The highest BCUT2D eigenvalue weighted by Crippen LogP contribution is 2.41. The van der Waals surface area contributed by atoms with Gasteiger partial charge in [0.15, 0.2) is 0 Å². The zero-order valence-corrected chi connectivity index (χ0v) is 12.1. The molecule has 0 atom stereocenters. The number of ether oxygens (including phenoxy) is 1. The van der Waals surface area contributed by atoms with Crippen LogP contribution < -0.4 is 5.32 Å². The molecule has 1 heterocycles. The summed E-state index contributed by atoms with van der Waals surface area (Å²) in [6, 6.07) is 1.42. The third-order valence-electron chi connectivity index (χ3n) is 3.33. The Balaban J connectivity index is 1.85. The molecule has 1 aromatic rings. The van der Waals surface area contributed by atoms with Crippen molar-refractivity contribution in [3.05, 3.63) is 17.5 Å². The van der Waals surface area contributed by atoms with E-state index in [0.717, 1.165) is 25.0 Å². The van der Waals surface area contributed by atoms with E-state index in [2.05, 4.69) is 10.4 Å². The van der Waals surface area contributed by atoms with E-state index in [-0.39, 0.29) is 24.1 Å². The second-order valence-corrected chi connectivity index (χ2v) is 5.13. The molecule has 0 aromatic carbocycles. The molecule has 0 spiro atoms. The van der Waals surface area contributed by atoms with Crippen LogP contribution in [0.25, 0.3) is 0 Å². The SMILES string of the molecule is CCOCCCNC(=O)Cn1nc(C(F)F)cc1C1CC1. The summed E-state index contributed by atoms with van der Waals surface area (Å²) >= 11 is 0. The third kappa shape index (κ3) is 4.77. The summed E-state index contributed by atoms with van der Waals surface area (Å²) in [6.45, 7) is 3.67. The van der Waals surface area contributed by atoms with Gasteiger partial charge in [0.25, 0.3) is 6.43 Å². The monoisotopic (exact) mass is 301 g/mol. The van der Waals surface area contributed by atoms with Gasteiger partial charge in [0.2, 0.25) is 5.91 Å². The van der Waals surface area contributed by atoms with Crippen molar-refractivity contribution in [1.82, 2.24) is 15.1 Å². The fourth-order valence-electron chi connectivity index (χ4n) is 2.13. The molecule has 0 saturated heterocycles. The highest BCUT2D eigenvalue weighted by atomic mass is 19.3. The largest absolute Gasteiger partial charge is 0.382 e. The number of carbonyl (C=O) groups excluding carboxylic acids is 1. The van der Waals surface area contributed by atoms with Gasteiger partial charge in [-0.05, 0) is 32.3 Å². The Bertz CT molecular complexity index is 473. The van der Waals surface area contributed by atoms with Gasteiger partial charge in [-0.3, -0.25) is 9.48 Å². The Labute approximate surface area is 122 Å². The highest BCUT2D eigenvalue weighted by Gasteiger charge is 2.30. The number of nitrogens with zero attached hydrogens (tertiary/aromatic N) is 2. The fourth-order valence-corrected chi connectivity index (χ4v) is 2.13. The Kier molecular flexibility index (Phi) is 5.67. The molecule has 7 heteroatoms. The van der Waals surface area contributed by atoms with Gasteiger partial charge in [0.1, 0.15) is 12.2 Å². The first-order valence-corrected chi connectivity index (χ1v) is 7.32. The molecule has 118 valence electrons. The van der Waals surface area contributed by atoms with E-state index < -0.39 is 6.43 Å². The average molecular weight is 301 g/mol. The maximum absolute atomic E-state index is 12.7. The van der Waals surface area contributed by atoms with Crippen LogP contribution in [0.4, 0.5) is 8.78 Å². The average Bonchev–Trinajstić information content (AvgIpc) is 3.20. The third-order valence-corrected chi connectivity index (χ3v) is 3.33. The van der Waals surface area contributed by atoms with Crippen LogP contribution in [0.3, 0.4) is 0 Å². The van der Waals surface area contributed by atoms with Crippen LogP contribution >= 0.6 is 0 Å². The summed E-state index contributed by atoms with van der Waals surface area (Å²) in [5, 5.41) is 6.60. The molecule has 1 aliphatic carbocycles. The summed E-state index contributed by atoms with van der Waals surface area (Å²) in [6.07, 6.45) is 0.0866. The lowest BCUT2D eigenvalue weighted by Crippen LogP contribution is -2.30. The summed E-state index contributed by atoms with van der Waals surface area (Å²) in [5.74, 6) is 0.0630. The normalized spacial score (nSPS) is 14.7. The molecule has 5 nitrogen and oxygen atoms in total. The molecule has 0 unspecified atom stereocenters. The first-order chi connectivity index (χ1) is 10.1. The number of carbonyl (C=O) groups is 1. The maximum Gasteiger partial charge on any atom is 0.282 e. The van der Waals surface area contributed by atoms with Crippen molar-refractivity contribution in [2.45, 2.75) is 45.1 Å². The number of alkyl halides is 2. The lowest BCUT2D eigenvalue weighted by molar-refractivity contribution is -0.121. The van der Waals surface area contributed by atoms with Crippen LogP contribution in [-0.2, 0) is 16.1 Å². The van der Waals surface area contributed by atoms with Crippen LogP contribution in [0.1, 0.15) is 49.9 Å². The second-order valence-electron chi connectivity index (χ2n) is 5.13. The Hall–Kier alpha value is -1.50. The molecule has 1 aromatic heterocycles. The molecule has 0 radical (unpaired) electrons. The van der Waals surface area contributed by atoms with Crippen molar-refractivity contribution < 1.29 is 18.3 Å². The van der Waals surface area contributed by atoms with Gasteiger partial charge in [-0.2, -0.15) is 5.10 Å². The van der Waals surface area contributed by atoms with Crippen LogP contribution in [0, 0.1) is 0 Å². The predicted molar refractivity (Wildman–Crippen MR) is 73.3 cm³/mol. The Morgan fingerprint density at radius 3 is 2.95 bits per heavy atom. The number of aromatic nitrogens is 2. The number of nitrogens with one attached hydrogen (secondary N) is 1. The molecular weight excluding hydrogens is 280 g/mol. The minimum Gasteiger partial charge on any atom is -0.382 e. The van der Waals surface area contributed by atoms with Crippen LogP contribution in [0.5, 0.6) is 0 Å². The van der Waals surface area contributed by atoms with E-state index in [4.69, 9.17) is 4.74 Å². The van der Waals surface area contributed by atoms with Crippen molar-refractivity contribution in [2.75, 3.05) is 19.8 Å². The number of rotatable bonds is 9. The van der Waals surface area contributed by atoms with E-state index in [1.165, 1.54) is 10.7 Å². The van der Waals surface area contributed by atoms with E-state index in [9.17, 15) is 13.6 Å². The summed E-state index contributed by atoms with van der Waals surface area (Å²) in [4.78, 5) is 11.8. The van der Waals surface area contributed by atoms with Gasteiger partial charge in [0.05, 0.1) is 0 Å². The number of amides is 1. The second kappa shape index (κ2) is 7.49. The van der Waals surface area contributed by atoms with Gasteiger partial charge in [-0.25, -0.2) is 8.78 Å². The molecule has 1 amide bonds. The van der Waals surface area contributed by atoms with Crippen LogP contribution in [0.15, 0.2) is 6.07 Å². The molecule has 2 rings (SSSR count). The summed E-state index contributed by atoms with van der Waals surface area (Å²) in [7, 11) is 0. The van der Waals surface area contributed by atoms with Crippen LogP contribution in [-0.4, -0.2) is 35.4 Å². The predicted octanol–water partition coefficient (Wildman–Crippen LogP) is 2.24. The van der Waals surface area contributed by atoms with E-state index in [1.54, 1.807) is 0 Å². The van der Waals surface area contributed by atoms with Gasteiger partial charge >= 0.3 is 0 Å². The number of hydrogen-bond donors (Lipinski definition) is 1. The van der Waals surface area contributed by atoms with Crippen molar-refractivity contribution in [3.8, 4) is 0 Å². The molecule has 1 N–H and O–H groups in total. The standard InChI is InChI=1S/C14H21F2N3O2/c1-2-21-7-3-6-17-13(20)9-19-12(10-4-5-10)8-11(18-19)14(15)16/h8,10,14H,2-7,9H2,1H3,(H,17,20). The first-order valence-electron chi connectivity index (χ1n) is 7.32. The van der Waals surface area contributed by atoms with Crippen LogP contribution in [0.2, 0.25) is 0 Å². The summed E-state index contributed by atoms with van der Waals surface area (Å²) in [5.41, 5.74) is 0.496. The number of hydrogen-bond acceptors (Lipinski definition) is 3. The molecule has 0 bridgehead atoms. The topological polar surface area (TPSA) is 56.1 Å². The fraction of sp³-hybridized carbons (Fsp3) is 0.714. The van der Waals surface area contributed by atoms with Crippen molar-refractivity contribution in [2.24, 2.45) is 0 Å². The summed E-state index contributed by atoms with van der Waals surface area (Å²) < 4.78 is 32.0. The molecule has 0 aliphatic heterocycles. The Morgan fingerprint density at radius 1 is 1.57 bits per heavy atom. The van der Waals surface area contributed by atoms with Gasteiger partial charge in [-0.1, -0.05) is 0 Å². The smallest absolute Gasteiger partial charge is 0.282 e. The highest BCUT2D eigenvalue weighted by molar-refractivity contribution is 5.75. The minimum atomic E-state index is -2.60. The van der Waals surface area contributed by atoms with Gasteiger partial charge in [0, 0.05) is 31.4 Å². The number of halogens is 2. The molecule has 1 fully saturated rings. The zero-order valence-electron chi connectivity index (χ0n) is 12.1. The van der Waals surface area contributed by atoms with E-state index in [0.29, 0.717) is 19.8 Å². The molecule has 1 saturated carbocycles. The quantitative estimate of drug-likeness (QED) is 0.712. The molecule has 21 heavy (non-hydrogen) atoms. The van der Waals surface area contributed by atoms with Gasteiger partial charge in [-0.15, -0.1) is 0 Å². The minimum absolute atomic E-state index is 0.00676.